The second-order valence-electron chi connectivity index (χ2n) is 6.31. The molecule has 0 spiro atoms. The molecule has 31 heavy (non-hydrogen) atoms. The van der Waals surface area contributed by atoms with Gasteiger partial charge in [0.05, 0.1) is 9.79 Å². The quantitative estimate of drug-likeness (QED) is 0.448. The van der Waals surface area contributed by atoms with Crippen molar-refractivity contribution in [3.05, 3.63) is 48.0 Å². The largest absolute Gasteiger partial charge is 0.483 e. The molecule has 0 aliphatic carbocycles. The van der Waals surface area contributed by atoms with Crippen LogP contribution in [0.1, 0.15) is 5.56 Å². The monoisotopic (exact) mass is 506 g/mol. The smallest absolute Gasteiger partial charge is 0.426 e. The van der Waals surface area contributed by atoms with Gasteiger partial charge in [0.2, 0.25) is 9.84 Å². The van der Waals surface area contributed by atoms with Gasteiger partial charge in [0.1, 0.15) is 10.6 Å². The third-order valence-corrected chi connectivity index (χ3v) is 7.67. The van der Waals surface area contributed by atoms with Crippen molar-refractivity contribution in [2.75, 3.05) is 6.26 Å². The fraction of sp³-hybridized carbons (Fsp3) is 0.250. The number of rotatable bonds is 7. The summed E-state index contributed by atoms with van der Waals surface area (Å²) < 4.78 is 137. The zero-order valence-electron chi connectivity index (χ0n) is 15.6. The zero-order valence-corrected chi connectivity index (χ0v) is 18.0. The summed E-state index contributed by atoms with van der Waals surface area (Å²) in [7, 11) is -15.0. The molecule has 0 radical (unpaired) electrons. The predicted octanol–water partition coefficient (Wildman–Crippen LogP) is 2.68. The van der Waals surface area contributed by atoms with E-state index in [2.05, 4.69) is 4.74 Å². The summed E-state index contributed by atoms with van der Waals surface area (Å²) in [5.74, 6) is -1.32. The Balaban J connectivity index is 2.62. The standard InChI is InChI=1S/C16H14F4O8S3/c1-10-3-8-14(13(9-10)28-15(17,18)16(19,20)31(25,26)27)30(23,24)12-6-4-11(5-7-12)29(2,21)22/h3-9H,1-2H3,(H,25,26,27). The molecule has 0 aliphatic rings. The first kappa shape index (κ1) is 25.0. The van der Waals surface area contributed by atoms with Crippen molar-refractivity contribution in [2.45, 2.75) is 33.0 Å². The summed E-state index contributed by atoms with van der Waals surface area (Å²) in [4.78, 5) is -1.86. The number of aryl methyl sites for hydroxylation is 1. The average molecular weight is 506 g/mol. The van der Waals surface area contributed by atoms with Gasteiger partial charge < -0.3 is 4.74 Å². The summed E-state index contributed by atoms with van der Waals surface area (Å²) in [5, 5.41) is -6.10. The van der Waals surface area contributed by atoms with Gasteiger partial charge in [-0.2, -0.15) is 26.0 Å². The maximum Gasteiger partial charge on any atom is 0.483 e. The molecule has 0 atom stereocenters. The van der Waals surface area contributed by atoms with Gasteiger partial charge in [0.15, 0.2) is 9.84 Å². The van der Waals surface area contributed by atoms with E-state index in [1.54, 1.807) is 0 Å². The van der Waals surface area contributed by atoms with Crippen LogP contribution in [0.15, 0.2) is 57.2 Å². The summed E-state index contributed by atoms with van der Waals surface area (Å²) >= 11 is 0. The van der Waals surface area contributed by atoms with Gasteiger partial charge in [-0.1, -0.05) is 6.07 Å². The molecule has 172 valence electrons. The number of hydrogen-bond donors (Lipinski definition) is 1. The molecule has 2 aromatic rings. The van der Waals surface area contributed by atoms with Crippen LogP contribution in [0, 0.1) is 6.92 Å². The number of alkyl halides is 4. The van der Waals surface area contributed by atoms with Gasteiger partial charge >= 0.3 is 21.5 Å². The van der Waals surface area contributed by atoms with Crippen LogP contribution in [0.25, 0.3) is 0 Å². The lowest BCUT2D eigenvalue weighted by Gasteiger charge is -2.25. The minimum atomic E-state index is -6.62. The number of hydrogen-bond acceptors (Lipinski definition) is 7. The maximum absolute atomic E-state index is 13.9. The average Bonchev–Trinajstić information content (AvgIpc) is 2.59. The molecule has 8 nitrogen and oxygen atoms in total. The molecule has 2 rings (SSSR count). The van der Waals surface area contributed by atoms with Gasteiger partial charge in [-0.25, -0.2) is 16.8 Å². The van der Waals surface area contributed by atoms with E-state index >= 15 is 0 Å². The van der Waals surface area contributed by atoms with Crippen molar-refractivity contribution in [3.63, 3.8) is 0 Å². The number of halogens is 4. The minimum Gasteiger partial charge on any atom is -0.426 e. The molecule has 0 aliphatic heterocycles. The third kappa shape index (κ3) is 4.83. The van der Waals surface area contributed by atoms with Gasteiger partial charge in [-0.15, -0.1) is 0 Å². The molecule has 0 unspecified atom stereocenters. The molecule has 0 heterocycles. The van der Waals surface area contributed by atoms with E-state index in [0.717, 1.165) is 42.7 Å². The van der Waals surface area contributed by atoms with Gasteiger partial charge in [-0.3, -0.25) is 4.55 Å². The molecule has 0 saturated heterocycles. The van der Waals surface area contributed by atoms with Crippen molar-refractivity contribution in [3.8, 4) is 5.75 Å². The second-order valence-corrected chi connectivity index (χ2v) is 11.7. The summed E-state index contributed by atoms with van der Waals surface area (Å²) in [6.07, 6.45) is -4.99. The lowest BCUT2D eigenvalue weighted by atomic mass is 10.2. The number of sulfone groups is 2. The van der Waals surface area contributed by atoms with Crippen molar-refractivity contribution in [2.24, 2.45) is 0 Å². The zero-order chi connectivity index (χ0) is 24.0. The van der Waals surface area contributed by atoms with Crippen LogP contribution in [0.4, 0.5) is 17.6 Å². The van der Waals surface area contributed by atoms with Crippen LogP contribution in [-0.4, -0.2) is 47.4 Å². The lowest BCUT2D eigenvalue weighted by Crippen LogP contribution is -2.50. The molecule has 1 N–H and O–H groups in total. The fourth-order valence-corrected chi connectivity index (χ4v) is 4.59. The van der Waals surface area contributed by atoms with Crippen LogP contribution in [0.3, 0.4) is 0 Å². The topological polar surface area (TPSA) is 132 Å². The molecule has 0 bridgehead atoms. The lowest BCUT2D eigenvalue weighted by molar-refractivity contribution is -0.275. The molecule has 0 aromatic heterocycles. The highest BCUT2D eigenvalue weighted by atomic mass is 32.2. The Morgan fingerprint density at radius 3 is 1.77 bits per heavy atom. The summed E-state index contributed by atoms with van der Waals surface area (Å²) in [6.45, 7) is 1.28. The van der Waals surface area contributed by atoms with E-state index in [0.29, 0.717) is 6.07 Å². The highest BCUT2D eigenvalue weighted by molar-refractivity contribution is 7.91. The molecule has 0 fully saturated rings. The Morgan fingerprint density at radius 2 is 1.32 bits per heavy atom. The van der Waals surface area contributed by atoms with E-state index < -0.39 is 56.7 Å². The van der Waals surface area contributed by atoms with Crippen LogP contribution in [0.5, 0.6) is 5.75 Å². The first-order valence-electron chi connectivity index (χ1n) is 7.88. The van der Waals surface area contributed by atoms with Crippen molar-refractivity contribution in [1.82, 2.24) is 0 Å². The van der Waals surface area contributed by atoms with Crippen LogP contribution in [0.2, 0.25) is 0 Å². The van der Waals surface area contributed by atoms with Gasteiger partial charge in [-0.05, 0) is 48.9 Å². The van der Waals surface area contributed by atoms with E-state index in [9.17, 15) is 42.8 Å². The van der Waals surface area contributed by atoms with Gasteiger partial charge in [0.25, 0.3) is 0 Å². The van der Waals surface area contributed by atoms with E-state index in [-0.39, 0.29) is 10.5 Å². The van der Waals surface area contributed by atoms with Crippen LogP contribution < -0.4 is 4.74 Å². The normalized spacial score (nSPS) is 13.8. The first-order valence-corrected chi connectivity index (χ1v) is 12.7. The number of ether oxygens (including phenoxy) is 1. The second kappa shape index (κ2) is 7.72. The van der Waals surface area contributed by atoms with Crippen molar-refractivity contribution < 1.29 is 52.1 Å². The molecular weight excluding hydrogens is 492 g/mol. The highest BCUT2D eigenvalue weighted by Gasteiger charge is 2.69. The fourth-order valence-electron chi connectivity index (χ4n) is 2.26. The molecule has 2 aromatic carbocycles. The minimum absolute atomic E-state index is 0.0901. The Labute approximate surface area is 175 Å². The Hall–Kier alpha value is -2.23. The Kier molecular flexibility index (Phi) is 6.23. The molecule has 15 heteroatoms. The Morgan fingerprint density at radius 1 is 0.839 bits per heavy atom. The molecule has 0 amide bonds. The number of benzene rings is 2. The van der Waals surface area contributed by atoms with Gasteiger partial charge in [0, 0.05) is 6.26 Å². The third-order valence-electron chi connectivity index (χ3n) is 3.85. The summed E-state index contributed by atoms with van der Waals surface area (Å²) in [6, 6.07) is 6.08. The first-order chi connectivity index (χ1) is 13.8. The summed E-state index contributed by atoms with van der Waals surface area (Å²) in [5.41, 5.74) is 0.0901. The highest BCUT2D eigenvalue weighted by Crippen LogP contribution is 2.42. The van der Waals surface area contributed by atoms with Crippen LogP contribution in [-0.2, 0) is 29.8 Å². The van der Waals surface area contributed by atoms with Crippen molar-refractivity contribution >= 4 is 29.8 Å². The predicted molar refractivity (Wildman–Crippen MR) is 98.3 cm³/mol. The van der Waals surface area contributed by atoms with Crippen LogP contribution >= 0.6 is 0 Å². The van der Waals surface area contributed by atoms with E-state index in [1.165, 1.54) is 6.92 Å². The van der Waals surface area contributed by atoms with E-state index in [1.807, 2.05) is 0 Å². The SMILES string of the molecule is Cc1ccc(S(=O)(=O)c2ccc(S(C)(=O)=O)cc2)c(OC(F)(F)C(F)(F)S(=O)(=O)O)c1. The molecule has 0 saturated carbocycles. The maximum atomic E-state index is 13.9. The van der Waals surface area contributed by atoms with E-state index in [4.69, 9.17) is 4.55 Å². The van der Waals surface area contributed by atoms with Crippen molar-refractivity contribution in [1.29, 1.82) is 0 Å². The Bertz CT molecular complexity index is 1320. The molecular formula is C16H14F4O8S3.